The highest BCUT2D eigenvalue weighted by atomic mass is 32.3. The van der Waals surface area contributed by atoms with Crippen molar-refractivity contribution in [3.63, 3.8) is 0 Å². The van der Waals surface area contributed by atoms with Crippen molar-refractivity contribution >= 4 is 31.6 Å². The minimum atomic E-state index is -5.38. The van der Waals surface area contributed by atoms with E-state index in [2.05, 4.69) is 9.48 Å². The largest absolute Gasteiger partial charge is 0.455 e. The Kier molecular flexibility index (Phi) is 5.68. The monoisotopic (exact) mass is 557 g/mol. The molecule has 0 spiro atoms. The van der Waals surface area contributed by atoms with Gasteiger partial charge in [0.1, 0.15) is 30.0 Å². The van der Waals surface area contributed by atoms with Crippen LogP contribution in [0, 0.1) is 0 Å². The normalized spacial score (nSPS) is 16.8. The summed E-state index contributed by atoms with van der Waals surface area (Å²) in [5, 5.41) is 1.61. The molecule has 0 radical (unpaired) electrons. The van der Waals surface area contributed by atoms with E-state index in [9.17, 15) is 25.3 Å². The summed E-state index contributed by atoms with van der Waals surface area (Å²) in [5.41, 5.74) is 4.02. The van der Waals surface area contributed by atoms with Crippen LogP contribution in [0.25, 0.3) is 5.57 Å². The summed E-state index contributed by atoms with van der Waals surface area (Å²) in [4.78, 5) is 0.611. The van der Waals surface area contributed by atoms with Crippen molar-refractivity contribution in [1.29, 1.82) is 0 Å². The highest BCUT2D eigenvalue weighted by Crippen LogP contribution is 2.45. The Morgan fingerprint density at radius 1 is 0.947 bits per heavy atom. The van der Waals surface area contributed by atoms with Gasteiger partial charge in [-0.3, -0.25) is 4.55 Å². The van der Waals surface area contributed by atoms with E-state index in [1.807, 2.05) is 38.4 Å². The standard InChI is InChI=1S/C27H25FN2O6S2/c1-29-13-3-5-17-22(29)11-9-20-25(19-8-7-16(38(33,34)35)15-24(19)37(28,31)32)21-10-12-23-18(6-4-14-30(23)2)27(21)36-26(17)20/h7-12,15H,3-6,13-14H2,1-2H3/p+1. The van der Waals surface area contributed by atoms with Gasteiger partial charge in [-0.25, -0.2) is 4.58 Å². The van der Waals surface area contributed by atoms with Crippen LogP contribution in [0.2, 0.25) is 0 Å². The summed E-state index contributed by atoms with van der Waals surface area (Å²) in [5.74, 6) is 1.19. The van der Waals surface area contributed by atoms with Gasteiger partial charge in [-0.15, -0.1) is 3.89 Å². The fourth-order valence-electron chi connectivity index (χ4n) is 5.90. The molecule has 0 bridgehead atoms. The number of hydrogen-bond donors (Lipinski definition) is 1. The van der Waals surface area contributed by atoms with Crippen LogP contribution in [0.3, 0.4) is 0 Å². The minimum Gasteiger partial charge on any atom is -0.455 e. The van der Waals surface area contributed by atoms with Gasteiger partial charge in [-0.2, -0.15) is 16.8 Å². The number of benzene rings is 3. The fourth-order valence-corrected chi connectivity index (χ4v) is 7.18. The Morgan fingerprint density at radius 3 is 2.42 bits per heavy atom. The Hall–Kier alpha value is -3.28. The highest BCUT2D eigenvalue weighted by Gasteiger charge is 2.33. The van der Waals surface area contributed by atoms with Gasteiger partial charge in [0.05, 0.1) is 10.5 Å². The van der Waals surface area contributed by atoms with Crippen LogP contribution in [-0.4, -0.2) is 48.6 Å². The minimum absolute atomic E-state index is 0.000993. The lowest BCUT2D eigenvalue weighted by molar-refractivity contribution is 0.448. The molecule has 6 rings (SSSR count). The molecule has 198 valence electrons. The SMILES string of the molecule is CN1CCCc2c1ccc1c2Oc2c3c(ccc2=C1c1ccc(S(=O)(=O)O)cc1S(=O)(=O)F)=[N+](C)CCC3. The van der Waals surface area contributed by atoms with Gasteiger partial charge < -0.3 is 9.64 Å². The lowest BCUT2D eigenvalue weighted by Crippen LogP contribution is -2.37. The first-order chi connectivity index (χ1) is 17.9. The molecular formula is C27H26FN2O6S2+. The maximum atomic E-state index is 14.7. The van der Waals surface area contributed by atoms with Crippen LogP contribution >= 0.6 is 0 Å². The Bertz CT molecular complexity index is 1890. The number of anilines is 1. The van der Waals surface area contributed by atoms with Crippen LogP contribution in [0.4, 0.5) is 9.57 Å². The Balaban J connectivity index is 1.78. The maximum Gasteiger partial charge on any atom is 0.332 e. The predicted molar refractivity (Wildman–Crippen MR) is 140 cm³/mol. The van der Waals surface area contributed by atoms with Crippen molar-refractivity contribution < 1.29 is 30.0 Å². The van der Waals surface area contributed by atoms with Gasteiger partial charge in [-0.05, 0) is 49.6 Å². The van der Waals surface area contributed by atoms with E-state index in [4.69, 9.17) is 4.74 Å². The average Bonchev–Trinajstić information content (AvgIpc) is 2.86. The van der Waals surface area contributed by atoms with Crippen molar-refractivity contribution in [1.82, 2.24) is 4.58 Å². The van der Waals surface area contributed by atoms with Gasteiger partial charge in [-0.1, -0.05) is 6.07 Å². The van der Waals surface area contributed by atoms with Crippen molar-refractivity contribution in [2.75, 3.05) is 32.1 Å². The van der Waals surface area contributed by atoms with Gasteiger partial charge in [0.2, 0.25) is 5.36 Å². The first-order valence-corrected chi connectivity index (χ1v) is 15.1. The molecule has 0 unspecified atom stereocenters. The third kappa shape index (κ3) is 3.91. The van der Waals surface area contributed by atoms with Gasteiger partial charge in [0.25, 0.3) is 10.1 Å². The molecule has 0 aromatic heterocycles. The molecular weight excluding hydrogens is 531 g/mol. The number of rotatable bonds is 3. The molecule has 3 aliphatic rings. The molecule has 3 aromatic carbocycles. The van der Waals surface area contributed by atoms with Crippen LogP contribution in [0.1, 0.15) is 35.1 Å². The molecule has 0 atom stereocenters. The third-order valence-corrected chi connectivity index (χ3v) is 9.37. The first kappa shape index (κ1) is 25.0. The third-order valence-electron chi connectivity index (χ3n) is 7.66. The molecule has 0 aliphatic carbocycles. The number of nitrogens with zero attached hydrogens (tertiary/aromatic N) is 2. The van der Waals surface area contributed by atoms with E-state index >= 15 is 0 Å². The first-order valence-electron chi connectivity index (χ1n) is 12.3. The molecule has 0 saturated heterocycles. The summed E-state index contributed by atoms with van der Waals surface area (Å²) < 4.78 is 81.4. The Morgan fingerprint density at radius 2 is 1.68 bits per heavy atom. The van der Waals surface area contributed by atoms with Crippen molar-refractivity contribution in [2.45, 2.75) is 35.5 Å². The zero-order valence-electron chi connectivity index (χ0n) is 20.9. The molecule has 1 N–H and O–H groups in total. The van der Waals surface area contributed by atoms with Crippen molar-refractivity contribution in [3.8, 4) is 11.5 Å². The number of halogens is 1. The van der Waals surface area contributed by atoms with E-state index in [-0.39, 0.29) is 5.56 Å². The van der Waals surface area contributed by atoms with Crippen LogP contribution in [-0.2, 0) is 33.2 Å². The molecule has 38 heavy (non-hydrogen) atoms. The van der Waals surface area contributed by atoms with E-state index in [0.717, 1.165) is 67.0 Å². The van der Waals surface area contributed by atoms with Gasteiger partial charge in [0.15, 0.2) is 0 Å². The van der Waals surface area contributed by atoms with E-state index in [0.29, 0.717) is 33.9 Å². The second-order valence-corrected chi connectivity index (χ2v) is 12.7. The average molecular weight is 558 g/mol. The summed E-state index contributed by atoms with van der Waals surface area (Å²) in [6.45, 7) is 1.78. The smallest absolute Gasteiger partial charge is 0.332 e. The van der Waals surface area contributed by atoms with Crippen LogP contribution < -0.4 is 24.8 Å². The number of fused-ring (bicyclic) bond motifs is 6. The van der Waals surface area contributed by atoms with E-state index < -0.39 is 30.1 Å². The lowest BCUT2D eigenvalue weighted by Gasteiger charge is -2.32. The summed E-state index contributed by atoms with van der Waals surface area (Å²) in [7, 11) is -6.13. The molecule has 3 aromatic rings. The predicted octanol–water partition coefficient (Wildman–Crippen LogP) is 2.39. The zero-order valence-corrected chi connectivity index (χ0v) is 22.5. The summed E-state index contributed by atoms with van der Waals surface area (Å²) in [6.07, 6.45) is 3.34. The molecule has 11 heteroatoms. The molecule has 0 amide bonds. The quantitative estimate of drug-likeness (QED) is 0.234. The molecule has 8 nitrogen and oxygen atoms in total. The van der Waals surface area contributed by atoms with Gasteiger partial charge in [0, 0.05) is 59.2 Å². The van der Waals surface area contributed by atoms with Crippen molar-refractivity contribution in [2.24, 2.45) is 0 Å². The lowest BCUT2D eigenvalue weighted by atomic mass is 9.87. The fraction of sp³-hybridized carbons (Fsp3) is 0.296. The maximum absolute atomic E-state index is 14.7. The number of hydrogen-bond acceptors (Lipinski definition) is 6. The zero-order chi connectivity index (χ0) is 27.0. The van der Waals surface area contributed by atoms with Crippen LogP contribution in [0.15, 0.2) is 52.3 Å². The second-order valence-electron chi connectivity index (χ2n) is 9.98. The molecule has 0 saturated carbocycles. The van der Waals surface area contributed by atoms with Gasteiger partial charge >= 0.3 is 10.2 Å². The topological polar surface area (TPSA) is 104 Å². The summed E-state index contributed by atoms with van der Waals surface area (Å²) in [6, 6.07) is 10.6. The Labute approximate surface area is 220 Å². The molecule has 0 fully saturated rings. The number of ether oxygens (including phenoxy) is 1. The van der Waals surface area contributed by atoms with Crippen molar-refractivity contribution in [3.05, 3.63) is 75.3 Å². The molecule has 3 heterocycles. The van der Waals surface area contributed by atoms with Crippen LogP contribution in [0.5, 0.6) is 11.5 Å². The second kappa shape index (κ2) is 8.62. The highest BCUT2D eigenvalue weighted by molar-refractivity contribution is 7.87. The van der Waals surface area contributed by atoms with E-state index in [1.165, 1.54) is 6.07 Å². The summed E-state index contributed by atoms with van der Waals surface area (Å²) >= 11 is 0. The molecule has 3 aliphatic heterocycles. The van der Waals surface area contributed by atoms with E-state index in [1.54, 1.807) is 0 Å².